The fraction of sp³-hybridized carbons (Fsp3) is 0.273. The van der Waals surface area contributed by atoms with Crippen LogP contribution in [0.2, 0.25) is 0 Å². The highest BCUT2D eigenvalue weighted by molar-refractivity contribution is 6.46. The number of halogens is 2. The minimum atomic E-state index is -1.09. The van der Waals surface area contributed by atoms with Gasteiger partial charge in [0.15, 0.2) is 0 Å². The van der Waals surface area contributed by atoms with Gasteiger partial charge in [0.25, 0.3) is 11.7 Å². The first-order valence-electron chi connectivity index (χ1n) is 9.37. The number of ketones is 1. The van der Waals surface area contributed by atoms with Crippen LogP contribution in [0.15, 0.2) is 54.1 Å². The fourth-order valence-corrected chi connectivity index (χ4v) is 3.86. The van der Waals surface area contributed by atoms with E-state index in [0.29, 0.717) is 6.61 Å². The molecule has 2 aromatic carbocycles. The Morgan fingerprint density at radius 3 is 2.48 bits per heavy atom. The van der Waals surface area contributed by atoms with Gasteiger partial charge in [-0.05, 0) is 43.2 Å². The van der Waals surface area contributed by atoms with E-state index in [-0.39, 0.29) is 29.3 Å². The molecule has 0 aliphatic carbocycles. The quantitative estimate of drug-likeness (QED) is 0.485. The summed E-state index contributed by atoms with van der Waals surface area (Å²) in [7, 11) is 0. The van der Waals surface area contributed by atoms with Crippen molar-refractivity contribution in [3.63, 3.8) is 0 Å². The molecule has 5 nitrogen and oxygen atoms in total. The average molecular weight is 399 g/mol. The first kappa shape index (κ1) is 19.3. The van der Waals surface area contributed by atoms with E-state index in [1.54, 1.807) is 6.07 Å². The maximum atomic E-state index is 14.6. The van der Waals surface area contributed by atoms with Crippen LogP contribution in [0.25, 0.3) is 5.76 Å². The van der Waals surface area contributed by atoms with E-state index in [2.05, 4.69) is 0 Å². The summed E-state index contributed by atoms with van der Waals surface area (Å²) in [5, 5.41) is 10.8. The Labute approximate surface area is 166 Å². The van der Waals surface area contributed by atoms with Crippen molar-refractivity contribution in [3.05, 3.63) is 76.9 Å². The summed E-state index contributed by atoms with van der Waals surface area (Å²) in [5.41, 5.74) is 0.0564. The number of hydrogen-bond acceptors (Lipinski definition) is 4. The maximum Gasteiger partial charge on any atom is 0.295 e. The van der Waals surface area contributed by atoms with E-state index >= 15 is 0 Å². The van der Waals surface area contributed by atoms with Crippen LogP contribution in [0.5, 0.6) is 0 Å². The molecule has 4 rings (SSSR count). The molecule has 0 bridgehead atoms. The second kappa shape index (κ2) is 7.75. The van der Waals surface area contributed by atoms with Crippen LogP contribution < -0.4 is 0 Å². The molecule has 2 aliphatic heterocycles. The van der Waals surface area contributed by atoms with Crippen LogP contribution in [0.1, 0.15) is 30.0 Å². The fourth-order valence-electron chi connectivity index (χ4n) is 3.86. The third-order valence-corrected chi connectivity index (χ3v) is 5.28. The monoisotopic (exact) mass is 399 g/mol. The molecule has 0 radical (unpaired) electrons. The van der Waals surface area contributed by atoms with Crippen LogP contribution in [-0.4, -0.2) is 41.0 Å². The van der Waals surface area contributed by atoms with Gasteiger partial charge in [-0.1, -0.05) is 18.2 Å². The topological polar surface area (TPSA) is 66.8 Å². The average Bonchev–Trinajstić information content (AvgIpc) is 3.31. The number of carbonyl (C=O) groups excluding carboxylic acids is 2. The number of carbonyl (C=O) groups is 2. The molecule has 2 saturated heterocycles. The summed E-state index contributed by atoms with van der Waals surface area (Å²) in [6, 6.07) is 9.60. The number of hydrogen-bond donors (Lipinski definition) is 1. The number of ether oxygens (including phenoxy) is 1. The highest BCUT2D eigenvalue weighted by Gasteiger charge is 2.47. The Morgan fingerprint density at radius 1 is 1.10 bits per heavy atom. The van der Waals surface area contributed by atoms with E-state index in [1.165, 1.54) is 35.2 Å². The summed E-state index contributed by atoms with van der Waals surface area (Å²) in [4.78, 5) is 26.9. The number of rotatable bonds is 4. The molecule has 2 fully saturated rings. The number of Topliss-reactive ketones (excluding diaryl/α,β-unsaturated/α-hetero) is 1. The van der Waals surface area contributed by atoms with Gasteiger partial charge in [0, 0.05) is 24.3 Å². The predicted molar refractivity (Wildman–Crippen MR) is 101 cm³/mol. The van der Waals surface area contributed by atoms with Crippen LogP contribution in [0.4, 0.5) is 8.78 Å². The summed E-state index contributed by atoms with van der Waals surface area (Å²) < 4.78 is 33.5. The number of aliphatic hydroxyl groups excluding tert-OH is 1. The molecule has 0 spiro atoms. The molecule has 2 unspecified atom stereocenters. The lowest BCUT2D eigenvalue weighted by Gasteiger charge is -2.27. The Bertz CT molecular complexity index is 981. The lowest BCUT2D eigenvalue weighted by atomic mass is 9.95. The first-order chi connectivity index (χ1) is 14.0. The van der Waals surface area contributed by atoms with Gasteiger partial charge in [-0.25, -0.2) is 8.78 Å². The zero-order valence-electron chi connectivity index (χ0n) is 15.5. The first-order valence-corrected chi connectivity index (χ1v) is 9.37. The lowest BCUT2D eigenvalue weighted by Crippen LogP contribution is -2.36. The molecule has 7 heteroatoms. The van der Waals surface area contributed by atoms with Gasteiger partial charge >= 0.3 is 0 Å². The molecule has 1 amide bonds. The van der Waals surface area contributed by atoms with E-state index < -0.39 is 35.1 Å². The Hall–Kier alpha value is -3.06. The van der Waals surface area contributed by atoms with E-state index in [1.807, 2.05) is 0 Å². The largest absolute Gasteiger partial charge is 0.507 e. The molecule has 0 aromatic heterocycles. The second-order valence-corrected chi connectivity index (χ2v) is 7.11. The third-order valence-electron chi connectivity index (χ3n) is 5.28. The normalized spacial score (nSPS) is 23.7. The number of benzene rings is 2. The van der Waals surface area contributed by atoms with Gasteiger partial charge in [0.2, 0.25) is 0 Å². The maximum absolute atomic E-state index is 14.6. The minimum Gasteiger partial charge on any atom is -0.507 e. The summed E-state index contributed by atoms with van der Waals surface area (Å²) in [6.07, 6.45) is 1.31. The molecule has 2 heterocycles. The number of aliphatic hydroxyl groups is 1. The molecular formula is C22H19F2NO4. The van der Waals surface area contributed by atoms with E-state index in [0.717, 1.165) is 25.0 Å². The van der Waals surface area contributed by atoms with Crippen LogP contribution in [0.3, 0.4) is 0 Å². The van der Waals surface area contributed by atoms with Gasteiger partial charge in [0.1, 0.15) is 17.4 Å². The molecule has 29 heavy (non-hydrogen) atoms. The van der Waals surface area contributed by atoms with Crippen molar-refractivity contribution in [1.29, 1.82) is 0 Å². The predicted octanol–water partition coefficient (Wildman–Crippen LogP) is 3.57. The van der Waals surface area contributed by atoms with Crippen molar-refractivity contribution < 1.29 is 28.2 Å². The summed E-state index contributed by atoms with van der Waals surface area (Å²) >= 11 is 0. The van der Waals surface area contributed by atoms with Crippen LogP contribution in [0, 0.1) is 11.6 Å². The van der Waals surface area contributed by atoms with Gasteiger partial charge in [-0.3, -0.25) is 9.59 Å². The summed E-state index contributed by atoms with van der Waals surface area (Å²) in [6.45, 7) is 0.679. The SMILES string of the molecule is O=C1C(=O)N(CC2CCCO2)C(c2ccccc2F)/C1=C(\O)c1ccc(F)cc1. The smallest absolute Gasteiger partial charge is 0.295 e. The van der Waals surface area contributed by atoms with Crippen molar-refractivity contribution in [2.45, 2.75) is 25.0 Å². The van der Waals surface area contributed by atoms with E-state index in [4.69, 9.17) is 4.74 Å². The molecule has 150 valence electrons. The van der Waals surface area contributed by atoms with Gasteiger partial charge in [-0.2, -0.15) is 0 Å². The van der Waals surface area contributed by atoms with Crippen molar-refractivity contribution >= 4 is 17.4 Å². The summed E-state index contributed by atoms with van der Waals surface area (Å²) in [5.74, 6) is -3.30. The lowest BCUT2D eigenvalue weighted by molar-refractivity contribution is -0.140. The Balaban J connectivity index is 1.84. The van der Waals surface area contributed by atoms with Crippen LogP contribution >= 0.6 is 0 Å². The number of likely N-dealkylation sites (tertiary alicyclic amines) is 1. The van der Waals surface area contributed by atoms with Crippen molar-refractivity contribution in [2.75, 3.05) is 13.2 Å². The van der Waals surface area contributed by atoms with E-state index in [9.17, 15) is 23.5 Å². The van der Waals surface area contributed by atoms with Gasteiger partial charge < -0.3 is 14.7 Å². The van der Waals surface area contributed by atoms with Gasteiger partial charge in [-0.15, -0.1) is 0 Å². The number of amides is 1. The van der Waals surface area contributed by atoms with Crippen molar-refractivity contribution in [1.82, 2.24) is 4.90 Å². The zero-order chi connectivity index (χ0) is 20.5. The van der Waals surface area contributed by atoms with Crippen LogP contribution in [-0.2, 0) is 14.3 Å². The van der Waals surface area contributed by atoms with Gasteiger partial charge in [0.05, 0.1) is 17.7 Å². The molecule has 2 atom stereocenters. The molecule has 2 aliphatic rings. The Kier molecular flexibility index (Phi) is 5.15. The van der Waals surface area contributed by atoms with Crippen molar-refractivity contribution in [2.24, 2.45) is 0 Å². The molecule has 1 N–H and O–H groups in total. The Morgan fingerprint density at radius 2 is 1.83 bits per heavy atom. The zero-order valence-corrected chi connectivity index (χ0v) is 15.5. The third kappa shape index (κ3) is 3.53. The minimum absolute atomic E-state index is 0.105. The molecular weight excluding hydrogens is 380 g/mol. The standard InChI is InChI=1S/C22H19F2NO4/c23-14-9-7-13(8-10-14)20(26)18-19(16-5-1-2-6-17(16)24)25(22(28)21(18)27)12-15-4-3-11-29-15/h1-2,5-10,15,19,26H,3-4,11-12H2/b20-18+. The highest BCUT2D eigenvalue weighted by Crippen LogP contribution is 2.40. The highest BCUT2D eigenvalue weighted by atomic mass is 19.1. The second-order valence-electron chi connectivity index (χ2n) is 7.11. The molecule has 2 aromatic rings. The number of nitrogens with zero attached hydrogens (tertiary/aromatic N) is 1. The van der Waals surface area contributed by atoms with Crippen molar-refractivity contribution in [3.8, 4) is 0 Å². The molecule has 0 saturated carbocycles.